The highest BCUT2D eigenvalue weighted by Gasteiger charge is 2.23. The van der Waals surface area contributed by atoms with Gasteiger partial charge in [-0.3, -0.25) is 9.20 Å². The summed E-state index contributed by atoms with van der Waals surface area (Å²) in [6.07, 6.45) is 5.13. The molecular weight excluding hydrogens is 366 g/mol. The van der Waals surface area contributed by atoms with Crippen LogP contribution in [0.4, 0.5) is 0 Å². The zero-order valence-corrected chi connectivity index (χ0v) is 15.9. The van der Waals surface area contributed by atoms with Gasteiger partial charge in [-0.25, -0.2) is 4.98 Å². The van der Waals surface area contributed by atoms with Gasteiger partial charge in [0.05, 0.1) is 11.1 Å². The van der Waals surface area contributed by atoms with Crippen LogP contribution < -0.4 is 5.56 Å². The Kier molecular flexibility index (Phi) is 3.82. The van der Waals surface area contributed by atoms with E-state index in [1.54, 1.807) is 11.3 Å². The maximum Gasteiger partial charge on any atom is 0.259 e. The quantitative estimate of drug-likeness (QED) is 0.549. The van der Waals surface area contributed by atoms with Crippen molar-refractivity contribution < 1.29 is 0 Å². The summed E-state index contributed by atoms with van der Waals surface area (Å²) < 4.78 is 1.94. The van der Waals surface area contributed by atoms with E-state index in [1.807, 2.05) is 28.8 Å². The van der Waals surface area contributed by atoms with Crippen LogP contribution in [0.15, 0.2) is 34.3 Å². The van der Waals surface area contributed by atoms with E-state index in [1.165, 1.54) is 22.2 Å². The van der Waals surface area contributed by atoms with E-state index in [2.05, 4.69) is 22.1 Å². The molecule has 6 nitrogen and oxygen atoms in total. The van der Waals surface area contributed by atoms with Gasteiger partial charge in [-0.1, -0.05) is 24.8 Å². The fourth-order valence-corrected chi connectivity index (χ4v) is 5.71. The minimum atomic E-state index is -0.0104. The Bertz CT molecular complexity index is 1180. The van der Waals surface area contributed by atoms with Gasteiger partial charge >= 0.3 is 0 Å². The van der Waals surface area contributed by atoms with Crippen molar-refractivity contribution in [2.75, 3.05) is 0 Å². The molecule has 0 aliphatic heterocycles. The summed E-state index contributed by atoms with van der Waals surface area (Å²) in [5.41, 5.74) is 2.02. The topological polar surface area (TPSA) is 75.9 Å². The number of thioether (sulfide) groups is 1. The number of aromatic nitrogens is 5. The minimum absolute atomic E-state index is 0.0104. The molecule has 1 N–H and O–H groups in total. The summed E-state index contributed by atoms with van der Waals surface area (Å²) in [6, 6.07) is 5.80. The van der Waals surface area contributed by atoms with Crippen LogP contribution in [0.1, 0.15) is 29.6 Å². The highest BCUT2D eigenvalue weighted by Crippen LogP contribution is 2.35. The molecule has 1 atom stereocenters. The van der Waals surface area contributed by atoms with Crippen LogP contribution in [0, 0.1) is 5.92 Å². The summed E-state index contributed by atoms with van der Waals surface area (Å²) in [7, 11) is 0. The largest absolute Gasteiger partial charge is 0.309 e. The standard InChI is InChI=1S/C18H17N5OS2/c1-10-5-6-11-12(8-10)26-17-15(11)16(24)19-13(20-17)9-25-18-22-21-14-4-2-3-7-23(14)18/h2-4,7,10H,5-6,8-9H2,1H3,(H,19,20,24)/t10-/m1/s1. The van der Waals surface area contributed by atoms with E-state index in [0.717, 1.165) is 40.3 Å². The Morgan fingerprint density at radius 2 is 2.31 bits per heavy atom. The lowest BCUT2D eigenvalue weighted by Crippen LogP contribution is -2.14. The van der Waals surface area contributed by atoms with Crippen molar-refractivity contribution >= 4 is 39.0 Å². The summed E-state index contributed by atoms with van der Waals surface area (Å²) >= 11 is 3.21. The third-order valence-electron chi connectivity index (χ3n) is 4.83. The Morgan fingerprint density at radius 3 is 3.23 bits per heavy atom. The van der Waals surface area contributed by atoms with Crippen molar-refractivity contribution in [2.24, 2.45) is 5.92 Å². The van der Waals surface area contributed by atoms with Gasteiger partial charge in [0.2, 0.25) is 0 Å². The van der Waals surface area contributed by atoms with Crippen LogP contribution in [0.3, 0.4) is 0 Å². The number of aryl methyl sites for hydroxylation is 1. The van der Waals surface area contributed by atoms with Crippen LogP contribution in [-0.4, -0.2) is 24.6 Å². The van der Waals surface area contributed by atoms with Crippen molar-refractivity contribution in [2.45, 2.75) is 37.1 Å². The molecule has 0 amide bonds. The predicted octanol–water partition coefficient (Wildman–Crippen LogP) is 3.44. The monoisotopic (exact) mass is 383 g/mol. The van der Waals surface area contributed by atoms with Gasteiger partial charge in [0, 0.05) is 11.1 Å². The molecule has 0 fully saturated rings. The molecule has 0 saturated carbocycles. The minimum Gasteiger partial charge on any atom is -0.309 e. The van der Waals surface area contributed by atoms with Crippen molar-refractivity contribution in [1.82, 2.24) is 24.6 Å². The molecule has 0 spiro atoms. The van der Waals surface area contributed by atoms with Gasteiger partial charge in [-0.15, -0.1) is 21.5 Å². The van der Waals surface area contributed by atoms with Crippen molar-refractivity contribution in [3.05, 3.63) is 51.0 Å². The molecule has 0 saturated heterocycles. The molecule has 4 aromatic rings. The Balaban J connectivity index is 1.47. The molecule has 0 unspecified atom stereocenters. The van der Waals surface area contributed by atoms with Crippen molar-refractivity contribution in [3.8, 4) is 0 Å². The second-order valence-corrected chi connectivity index (χ2v) is 8.77. The Morgan fingerprint density at radius 1 is 1.38 bits per heavy atom. The fraction of sp³-hybridized carbons (Fsp3) is 0.333. The number of H-pyrrole nitrogens is 1. The van der Waals surface area contributed by atoms with Gasteiger partial charge in [0.15, 0.2) is 10.8 Å². The van der Waals surface area contributed by atoms with Gasteiger partial charge in [-0.05, 0) is 42.9 Å². The number of hydrogen-bond acceptors (Lipinski definition) is 6. The molecule has 1 aliphatic carbocycles. The number of hydrogen-bond donors (Lipinski definition) is 1. The maximum absolute atomic E-state index is 12.7. The molecule has 8 heteroatoms. The van der Waals surface area contributed by atoms with Gasteiger partial charge < -0.3 is 4.98 Å². The SMILES string of the molecule is C[C@@H]1CCc2c(sc3nc(CSc4nnc5ccccn45)[nH]c(=O)c23)C1. The number of pyridine rings is 1. The first-order valence-corrected chi connectivity index (χ1v) is 10.5. The first-order chi connectivity index (χ1) is 12.7. The molecule has 0 radical (unpaired) electrons. The molecule has 132 valence electrons. The molecule has 5 rings (SSSR count). The Labute approximate surface area is 157 Å². The average molecular weight is 384 g/mol. The van der Waals surface area contributed by atoms with Crippen LogP contribution in [-0.2, 0) is 18.6 Å². The molecule has 26 heavy (non-hydrogen) atoms. The molecule has 4 aromatic heterocycles. The van der Waals surface area contributed by atoms with E-state index < -0.39 is 0 Å². The Hall–Kier alpha value is -2.19. The summed E-state index contributed by atoms with van der Waals surface area (Å²) in [4.78, 5) is 22.6. The second-order valence-electron chi connectivity index (χ2n) is 6.74. The van der Waals surface area contributed by atoms with Crippen LogP contribution in [0.2, 0.25) is 0 Å². The number of rotatable bonds is 3. The first-order valence-electron chi connectivity index (χ1n) is 8.65. The maximum atomic E-state index is 12.7. The molecule has 1 aliphatic rings. The molecule has 4 heterocycles. The number of nitrogens with one attached hydrogen (secondary N) is 1. The van der Waals surface area contributed by atoms with E-state index in [0.29, 0.717) is 17.5 Å². The fourth-order valence-electron chi connectivity index (χ4n) is 3.51. The normalized spacial score (nSPS) is 17.0. The molecule has 0 aromatic carbocycles. The highest BCUT2D eigenvalue weighted by molar-refractivity contribution is 7.98. The van der Waals surface area contributed by atoms with E-state index in [9.17, 15) is 4.79 Å². The molecule has 0 bridgehead atoms. The number of fused-ring (bicyclic) bond motifs is 4. The number of aromatic amines is 1. The molecular formula is C18H17N5OS2. The zero-order valence-electron chi connectivity index (χ0n) is 14.2. The average Bonchev–Trinajstić information content (AvgIpc) is 3.20. The van der Waals surface area contributed by atoms with E-state index in [-0.39, 0.29) is 5.56 Å². The third-order valence-corrected chi connectivity index (χ3v) is 6.94. The van der Waals surface area contributed by atoms with Crippen LogP contribution in [0.5, 0.6) is 0 Å². The van der Waals surface area contributed by atoms with Gasteiger partial charge in [-0.2, -0.15) is 0 Å². The lowest BCUT2D eigenvalue weighted by molar-refractivity contribution is 0.509. The number of nitrogens with zero attached hydrogens (tertiary/aromatic N) is 4. The zero-order chi connectivity index (χ0) is 17.7. The van der Waals surface area contributed by atoms with Crippen LogP contribution >= 0.6 is 23.1 Å². The van der Waals surface area contributed by atoms with Crippen molar-refractivity contribution in [1.29, 1.82) is 0 Å². The first kappa shape index (κ1) is 16.0. The number of thiophene rings is 1. The third kappa shape index (κ3) is 2.64. The van der Waals surface area contributed by atoms with E-state index in [4.69, 9.17) is 4.98 Å². The summed E-state index contributed by atoms with van der Waals surface area (Å²) in [6.45, 7) is 2.27. The highest BCUT2D eigenvalue weighted by atomic mass is 32.2. The van der Waals surface area contributed by atoms with Crippen LogP contribution in [0.25, 0.3) is 15.9 Å². The smallest absolute Gasteiger partial charge is 0.259 e. The van der Waals surface area contributed by atoms with Crippen molar-refractivity contribution in [3.63, 3.8) is 0 Å². The van der Waals surface area contributed by atoms with Gasteiger partial charge in [0.25, 0.3) is 5.56 Å². The second kappa shape index (κ2) is 6.21. The summed E-state index contributed by atoms with van der Waals surface area (Å²) in [5, 5.41) is 9.96. The van der Waals surface area contributed by atoms with Gasteiger partial charge in [0.1, 0.15) is 10.7 Å². The predicted molar refractivity (Wildman–Crippen MR) is 104 cm³/mol. The summed E-state index contributed by atoms with van der Waals surface area (Å²) in [5.74, 6) is 1.93. The lowest BCUT2D eigenvalue weighted by atomic mass is 9.89. The lowest BCUT2D eigenvalue weighted by Gasteiger charge is -2.17. The van der Waals surface area contributed by atoms with E-state index >= 15 is 0 Å².